The van der Waals surface area contributed by atoms with Crippen molar-refractivity contribution in [2.24, 2.45) is 0 Å². The number of hydrogen-bond donors (Lipinski definition) is 0. The molecule has 0 saturated carbocycles. The molecule has 0 N–H and O–H groups in total. The Morgan fingerprint density at radius 3 is 0.913 bits per heavy atom. The van der Waals surface area contributed by atoms with Gasteiger partial charge in [-0.3, -0.25) is 0 Å². The highest BCUT2D eigenvalue weighted by Gasteiger charge is 2.49. The van der Waals surface area contributed by atoms with Crippen LogP contribution >= 0.6 is 0 Å². The number of fused-ring (bicyclic) bond motifs is 14. The second-order valence-electron chi connectivity index (χ2n) is 35.7. The van der Waals surface area contributed by atoms with E-state index in [2.05, 4.69) is 499 Å². The van der Waals surface area contributed by atoms with Crippen LogP contribution in [0.1, 0.15) is 94.5 Å². The number of nitrogens with zero attached hydrogens (tertiary/aromatic N) is 2. The Morgan fingerprint density at radius 1 is 0.159 bits per heavy atom. The van der Waals surface area contributed by atoms with Crippen molar-refractivity contribution in [1.29, 1.82) is 0 Å². The summed E-state index contributed by atoms with van der Waals surface area (Å²) in [5.41, 5.74) is 41.9. The van der Waals surface area contributed by atoms with Crippen molar-refractivity contribution in [1.82, 2.24) is 0 Å². The van der Waals surface area contributed by atoms with Crippen LogP contribution in [0.15, 0.2) is 461 Å². The molecule has 0 fully saturated rings. The van der Waals surface area contributed by atoms with E-state index in [4.69, 9.17) is 0 Å². The van der Waals surface area contributed by atoms with Gasteiger partial charge in [0.05, 0.1) is 22.2 Å². The first-order valence-corrected chi connectivity index (χ1v) is 44.3. The van der Waals surface area contributed by atoms with Gasteiger partial charge in [0, 0.05) is 44.7 Å². The van der Waals surface area contributed by atoms with Gasteiger partial charge in [0.25, 0.3) is 0 Å². The maximum Gasteiger partial charge on any atom is 0.0714 e. The van der Waals surface area contributed by atoms with Gasteiger partial charge in [0.2, 0.25) is 0 Å². The molecule has 4 aliphatic rings. The van der Waals surface area contributed by atoms with E-state index in [1.807, 2.05) is 0 Å². The third-order valence-corrected chi connectivity index (χ3v) is 28.4. The SMILES string of the molecule is CC1(C)c2ccccc2-c2ccc(N(c3ccc4c(c3)C(c3ccccc3)(c3ccccc3)c3ccccc3-4)c3ccc(-c4ccc5cc(-c6ccc7c(c6)C(C)(C)c6cc(N(c8ccc9c(c8)C(c8ccccc8)(c8ccccc8)c8ccccc8-9)c8ccc(-c9cccc%10ccccc9%10)cc8-c8ccccc8)ccc6-7)ccc5c4)cc3-c3ccccc3)cc21. The minimum Gasteiger partial charge on any atom is -0.310 e. The smallest absolute Gasteiger partial charge is 0.0714 e. The summed E-state index contributed by atoms with van der Waals surface area (Å²) in [6.07, 6.45) is 0. The molecule has 0 radical (unpaired) electrons. The first-order valence-electron chi connectivity index (χ1n) is 44.3. The summed E-state index contributed by atoms with van der Waals surface area (Å²) in [6, 6.07) is 174. The van der Waals surface area contributed by atoms with Crippen molar-refractivity contribution < 1.29 is 0 Å². The zero-order valence-corrected chi connectivity index (χ0v) is 70.8. The third kappa shape index (κ3) is 11.4. The molecule has 2 nitrogen and oxygen atoms in total. The lowest BCUT2D eigenvalue weighted by Gasteiger charge is -2.35. The fourth-order valence-corrected chi connectivity index (χ4v) is 22.5. The number of rotatable bonds is 15. The molecular weight excluding hydrogens is 1520 g/mol. The molecule has 2 heteroatoms. The fourth-order valence-electron chi connectivity index (χ4n) is 22.5. The molecule has 0 saturated heterocycles. The first kappa shape index (κ1) is 74.4. The first-order chi connectivity index (χ1) is 62.0. The molecule has 0 bridgehead atoms. The molecular formula is C124H88N2. The average molecular weight is 1610 g/mol. The lowest BCUT2D eigenvalue weighted by molar-refractivity contribution is 0.660. The lowest BCUT2D eigenvalue weighted by atomic mass is 9.67. The summed E-state index contributed by atoms with van der Waals surface area (Å²) in [7, 11) is 0. The molecule has 24 rings (SSSR count). The van der Waals surface area contributed by atoms with Crippen molar-refractivity contribution in [2.45, 2.75) is 49.4 Å². The number of benzene rings is 20. The van der Waals surface area contributed by atoms with E-state index in [0.29, 0.717) is 0 Å². The Kier molecular flexibility index (Phi) is 17.2. The minimum absolute atomic E-state index is 0.222. The van der Waals surface area contributed by atoms with E-state index in [1.165, 1.54) is 155 Å². The normalized spacial score (nSPS) is 14.0. The Balaban J connectivity index is 0.609. The van der Waals surface area contributed by atoms with Crippen LogP contribution in [-0.4, -0.2) is 0 Å². The van der Waals surface area contributed by atoms with Crippen LogP contribution in [0.5, 0.6) is 0 Å². The predicted molar refractivity (Wildman–Crippen MR) is 528 cm³/mol. The molecule has 594 valence electrons. The maximum atomic E-state index is 2.56. The monoisotopic (exact) mass is 1600 g/mol. The van der Waals surface area contributed by atoms with Gasteiger partial charge in [-0.05, 0) is 268 Å². The highest BCUT2D eigenvalue weighted by molar-refractivity contribution is 6.03. The van der Waals surface area contributed by atoms with E-state index in [-0.39, 0.29) is 10.8 Å². The van der Waals surface area contributed by atoms with Crippen LogP contribution in [0.3, 0.4) is 0 Å². The van der Waals surface area contributed by atoms with Crippen LogP contribution < -0.4 is 9.80 Å². The second-order valence-corrected chi connectivity index (χ2v) is 35.7. The molecule has 0 atom stereocenters. The summed E-state index contributed by atoms with van der Waals surface area (Å²) in [4.78, 5) is 5.11. The maximum absolute atomic E-state index is 2.56. The van der Waals surface area contributed by atoms with Gasteiger partial charge in [0.15, 0.2) is 0 Å². The lowest BCUT2D eigenvalue weighted by Crippen LogP contribution is -2.28. The van der Waals surface area contributed by atoms with Crippen molar-refractivity contribution in [3.05, 3.63) is 528 Å². The predicted octanol–water partition coefficient (Wildman–Crippen LogP) is 32.6. The highest BCUT2D eigenvalue weighted by Crippen LogP contribution is 2.62. The molecule has 20 aromatic carbocycles. The number of hydrogen-bond acceptors (Lipinski definition) is 2. The third-order valence-electron chi connectivity index (χ3n) is 28.4. The van der Waals surface area contributed by atoms with Gasteiger partial charge >= 0.3 is 0 Å². The zero-order valence-electron chi connectivity index (χ0n) is 70.8. The molecule has 0 aromatic heterocycles. The van der Waals surface area contributed by atoms with Crippen molar-refractivity contribution in [3.8, 4) is 100 Å². The van der Waals surface area contributed by atoms with Crippen molar-refractivity contribution >= 4 is 55.7 Å². The topological polar surface area (TPSA) is 6.48 Å². The summed E-state index contributed by atoms with van der Waals surface area (Å²) in [6.45, 7) is 9.64. The molecule has 0 aliphatic heterocycles. The summed E-state index contributed by atoms with van der Waals surface area (Å²) in [5, 5.41) is 4.83. The van der Waals surface area contributed by atoms with Crippen LogP contribution in [0.2, 0.25) is 0 Å². The standard InChI is InChI=1S/C124H88N2/c1-121(2)111-51-28-25-47-101(111)105-66-61-95(77-115(105)121)125(97-63-68-107-102-48-26-29-52-112(102)123(117(107)79-97,91-38-15-7-16-39-91)92-40-17-8-18-41-92)119-70-59-88(74-109(119)82-32-11-5-12-33-82)86-56-54-85-73-87(57-55-84(85)72-86)89-58-65-104-106-67-62-96(78-116(106)122(3,4)114(104)76-89)126(120-71-60-90(75-110(120)83-34-13-6-14-35-83)100-50-31-37-81-36-23-24-46-99(81)100)98-64-69-108-103-49-27-30-53-113(103)124(118(108)80-98,93-42-19-9-20-43-93)94-44-21-10-22-45-94/h5-80H,1-4H3. The van der Waals surface area contributed by atoms with E-state index in [1.54, 1.807) is 0 Å². The molecule has 0 heterocycles. The van der Waals surface area contributed by atoms with Crippen LogP contribution in [0.4, 0.5) is 34.1 Å². The molecule has 20 aromatic rings. The number of anilines is 6. The Labute approximate surface area is 737 Å². The zero-order chi connectivity index (χ0) is 84.0. The highest BCUT2D eigenvalue weighted by atomic mass is 15.2. The summed E-state index contributed by atoms with van der Waals surface area (Å²) in [5.74, 6) is 0. The van der Waals surface area contributed by atoms with Gasteiger partial charge in [-0.25, -0.2) is 0 Å². The largest absolute Gasteiger partial charge is 0.310 e. The fraction of sp³-hybridized carbons (Fsp3) is 0.0645. The van der Waals surface area contributed by atoms with Gasteiger partial charge in [-0.15, -0.1) is 0 Å². The molecule has 0 amide bonds. The molecule has 126 heavy (non-hydrogen) atoms. The van der Waals surface area contributed by atoms with Gasteiger partial charge in [-0.1, -0.05) is 398 Å². The summed E-state index contributed by atoms with van der Waals surface area (Å²) < 4.78 is 0. The molecule has 4 aliphatic carbocycles. The Morgan fingerprint density at radius 2 is 0.452 bits per heavy atom. The quantitative estimate of drug-likeness (QED) is 0.101. The van der Waals surface area contributed by atoms with Gasteiger partial charge in [-0.2, -0.15) is 0 Å². The van der Waals surface area contributed by atoms with Crippen LogP contribution in [-0.2, 0) is 21.7 Å². The minimum atomic E-state index is -0.602. The van der Waals surface area contributed by atoms with Crippen molar-refractivity contribution in [3.63, 3.8) is 0 Å². The van der Waals surface area contributed by atoms with E-state index >= 15 is 0 Å². The average Bonchev–Trinajstić information content (AvgIpc) is 1.53. The van der Waals surface area contributed by atoms with Gasteiger partial charge < -0.3 is 9.80 Å². The molecule has 0 unspecified atom stereocenters. The van der Waals surface area contributed by atoms with Gasteiger partial charge in [0.1, 0.15) is 0 Å². The summed E-state index contributed by atoms with van der Waals surface area (Å²) >= 11 is 0. The Bertz CT molecular complexity index is 7670. The molecule has 0 spiro atoms. The van der Waals surface area contributed by atoms with Crippen LogP contribution in [0.25, 0.3) is 122 Å². The second kappa shape index (κ2) is 29.1. The van der Waals surface area contributed by atoms with E-state index in [0.717, 1.165) is 67.5 Å². The van der Waals surface area contributed by atoms with Crippen LogP contribution in [0, 0.1) is 0 Å². The van der Waals surface area contributed by atoms with E-state index in [9.17, 15) is 0 Å². The Hall–Kier alpha value is -15.5. The van der Waals surface area contributed by atoms with E-state index < -0.39 is 10.8 Å². The van der Waals surface area contributed by atoms with Crippen molar-refractivity contribution in [2.75, 3.05) is 9.80 Å².